The van der Waals surface area contributed by atoms with E-state index in [1.807, 2.05) is 0 Å². The molecule has 0 fully saturated rings. The van der Waals surface area contributed by atoms with E-state index in [0.717, 1.165) is 12.1 Å². The minimum atomic E-state index is -1.25. The summed E-state index contributed by atoms with van der Waals surface area (Å²) < 4.78 is 4.71. The highest BCUT2D eigenvalue weighted by molar-refractivity contribution is 6.42. The zero-order valence-corrected chi connectivity index (χ0v) is 9.16. The van der Waals surface area contributed by atoms with Crippen LogP contribution in [0.2, 0.25) is 10.0 Å². The topological polar surface area (TPSA) is 89.7 Å². The molecule has 0 aromatic heterocycles. The highest BCUT2D eigenvalue weighted by Gasteiger charge is 2.19. The zero-order chi connectivity index (χ0) is 12.3. The number of nitro groups is 1. The van der Waals surface area contributed by atoms with Gasteiger partial charge in [-0.3, -0.25) is 10.1 Å². The van der Waals surface area contributed by atoms with Gasteiger partial charge in [0.1, 0.15) is 0 Å². The first-order chi connectivity index (χ1) is 7.41. The van der Waals surface area contributed by atoms with E-state index in [4.69, 9.17) is 33.0 Å². The predicted molar refractivity (Wildman–Crippen MR) is 56.2 cm³/mol. The first-order valence-electron chi connectivity index (χ1n) is 3.90. The first kappa shape index (κ1) is 12.5. The molecule has 0 spiro atoms. The van der Waals surface area contributed by atoms with Crippen LogP contribution < -0.4 is 4.74 Å². The van der Waals surface area contributed by atoms with E-state index in [1.165, 1.54) is 0 Å². The lowest BCUT2D eigenvalue weighted by atomic mass is 10.3. The number of halogens is 2. The van der Waals surface area contributed by atoms with Crippen LogP contribution in [0, 0.1) is 10.1 Å². The normalized spacial score (nSPS) is 9.88. The summed E-state index contributed by atoms with van der Waals surface area (Å²) in [6, 6.07) is 2.10. The van der Waals surface area contributed by atoms with Crippen molar-refractivity contribution >= 4 is 34.9 Å². The van der Waals surface area contributed by atoms with Gasteiger partial charge in [-0.2, -0.15) is 0 Å². The highest BCUT2D eigenvalue weighted by atomic mass is 35.5. The van der Waals surface area contributed by atoms with Gasteiger partial charge >= 0.3 is 11.7 Å². The summed E-state index contributed by atoms with van der Waals surface area (Å²) in [5.41, 5.74) is -0.435. The number of hydrogen-bond donors (Lipinski definition) is 1. The van der Waals surface area contributed by atoms with Crippen molar-refractivity contribution in [2.75, 3.05) is 6.61 Å². The Kier molecular flexibility index (Phi) is 3.92. The van der Waals surface area contributed by atoms with Crippen LogP contribution in [0.1, 0.15) is 0 Å². The van der Waals surface area contributed by atoms with Crippen LogP contribution in [0.15, 0.2) is 12.1 Å². The van der Waals surface area contributed by atoms with Crippen LogP contribution in [0.25, 0.3) is 0 Å². The van der Waals surface area contributed by atoms with Crippen LogP contribution in [-0.2, 0) is 4.79 Å². The Morgan fingerprint density at radius 1 is 1.44 bits per heavy atom. The second-order valence-corrected chi connectivity index (χ2v) is 3.49. The van der Waals surface area contributed by atoms with Crippen molar-refractivity contribution < 1.29 is 19.6 Å². The van der Waals surface area contributed by atoms with Gasteiger partial charge in [0.05, 0.1) is 15.0 Å². The van der Waals surface area contributed by atoms with Gasteiger partial charge in [0, 0.05) is 12.1 Å². The molecule has 6 nitrogen and oxygen atoms in total. The van der Waals surface area contributed by atoms with E-state index in [9.17, 15) is 14.9 Å². The molecule has 0 aliphatic carbocycles. The lowest BCUT2D eigenvalue weighted by Gasteiger charge is -2.05. The van der Waals surface area contributed by atoms with Crippen LogP contribution in [0.4, 0.5) is 5.69 Å². The van der Waals surface area contributed by atoms with Gasteiger partial charge in [-0.1, -0.05) is 23.2 Å². The minimum Gasteiger partial charge on any atom is -0.479 e. The fourth-order valence-electron chi connectivity index (χ4n) is 0.916. The van der Waals surface area contributed by atoms with Gasteiger partial charge in [0.2, 0.25) is 0 Å². The minimum absolute atomic E-state index is 0.00367. The number of nitrogens with zero attached hydrogens (tertiary/aromatic N) is 1. The summed E-state index contributed by atoms with van der Waals surface area (Å²) in [5, 5.41) is 19.0. The molecular formula is C8H5Cl2NO5. The number of ether oxygens (including phenoxy) is 1. The Labute approximate surface area is 99.5 Å². The van der Waals surface area contributed by atoms with Gasteiger partial charge in [-0.15, -0.1) is 0 Å². The second-order valence-electron chi connectivity index (χ2n) is 2.67. The summed E-state index contributed by atoms with van der Waals surface area (Å²) in [6.45, 7) is -0.696. The van der Waals surface area contributed by atoms with E-state index < -0.39 is 23.2 Å². The Hall–Kier alpha value is -1.53. The van der Waals surface area contributed by atoms with E-state index in [0.29, 0.717) is 0 Å². The molecule has 1 aromatic carbocycles. The molecule has 1 N–H and O–H groups in total. The molecule has 86 valence electrons. The summed E-state index contributed by atoms with van der Waals surface area (Å²) in [4.78, 5) is 20.1. The molecule has 0 saturated carbocycles. The number of hydrogen-bond acceptors (Lipinski definition) is 4. The third kappa shape index (κ3) is 2.98. The van der Waals surface area contributed by atoms with E-state index in [-0.39, 0.29) is 15.8 Å². The van der Waals surface area contributed by atoms with Crippen LogP contribution in [0.5, 0.6) is 5.75 Å². The number of carboxylic acids is 1. The Morgan fingerprint density at radius 3 is 2.50 bits per heavy atom. The molecule has 0 saturated heterocycles. The van der Waals surface area contributed by atoms with Gasteiger partial charge in [-0.25, -0.2) is 4.79 Å². The van der Waals surface area contributed by atoms with E-state index in [2.05, 4.69) is 0 Å². The molecule has 16 heavy (non-hydrogen) atoms. The SMILES string of the molecule is O=C(O)COc1cc(Cl)c(Cl)cc1[N+](=O)[O-]. The quantitative estimate of drug-likeness (QED) is 0.667. The van der Waals surface area contributed by atoms with Crippen LogP contribution in [0.3, 0.4) is 0 Å². The highest BCUT2D eigenvalue weighted by Crippen LogP contribution is 2.35. The third-order valence-corrected chi connectivity index (χ3v) is 2.27. The molecular weight excluding hydrogens is 261 g/mol. The van der Waals surface area contributed by atoms with Crippen molar-refractivity contribution in [3.8, 4) is 5.75 Å². The Morgan fingerprint density at radius 2 is 2.00 bits per heavy atom. The lowest BCUT2D eigenvalue weighted by molar-refractivity contribution is -0.385. The van der Waals surface area contributed by atoms with Crippen molar-refractivity contribution in [2.24, 2.45) is 0 Å². The van der Waals surface area contributed by atoms with Gasteiger partial charge < -0.3 is 9.84 Å². The first-order valence-corrected chi connectivity index (χ1v) is 4.65. The average molecular weight is 266 g/mol. The molecule has 0 atom stereocenters. The average Bonchev–Trinajstić information content (AvgIpc) is 2.18. The smallest absolute Gasteiger partial charge is 0.341 e. The summed E-state index contributed by atoms with van der Waals surface area (Å²) >= 11 is 11.2. The summed E-state index contributed by atoms with van der Waals surface area (Å²) in [6.07, 6.45) is 0. The molecule has 0 aliphatic rings. The Bertz CT molecular complexity index is 448. The molecule has 0 heterocycles. The third-order valence-electron chi connectivity index (χ3n) is 1.55. The summed E-state index contributed by atoms with van der Waals surface area (Å²) in [5.74, 6) is -1.48. The maximum atomic E-state index is 10.6. The van der Waals surface area contributed by atoms with Crippen molar-refractivity contribution in [2.45, 2.75) is 0 Å². The van der Waals surface area contributed by atoms with Gasteiger partial charge in [0.25, 0.3) is 0 Å². The molecule has 0 amide bonds. The molecule has 0 aliphatic heterocycles. The van der Waals surface area contributed by atoms with Crippen molar-refractivity contribution in [1.82, 2.24) is 0 Å². The maximum absolute atomic E-state index is 10.6. The molecule has 1 aromatic rings. The number of aliphatic carboxylic acids is 1. The van der Waals surface area contributed by atoms with Crippen molar-refractivity contribution in [3.63, 3.8) is 0 Å². The van der Waals surface area contributed by atoms with E-state index in [1.54, 1.807) is 0 Å². The fourth-order valence-corrected chi connectivity index (χ4v) is 1.23. The summed E-state index contributed by atoms with van der Waals surface area (Å²) in [7, 11) is 0. The molecule has 0 bridgehead atoms. The number of nitro benzene ring substituents is 1. The van der Waals surface area contributed by atoms with Gasteiger partial charge in [-0.05, 0) is 0 Å². The molecule has 0 radical (unpaired) electrons. The van der Waals surface area contributed by atoms with Crippen molar-refractivity contribution in [1.29, 1.82) is 0 Å². The fraction of sp³-hybridized carbons (Fsp3) is 0.125. The second kappa shape index (κ2) is 5.00. The number of carboxylic acid groups (broad SMARTS) is 1. The Balaban J connectivity index is 3.09. The largest absolute Gasteiger partial charge is 0.479 e. The van der Waals surface area contributed by atoms with Gasteiger partial charge in [0.15, 0.2) is 12.4 Å². The molecule has 8 heteroatoms. The number of carbonyl (C=O) groups is 1. The molecule has 0 unspecified atom stereocenters. The van der Waals surface area contributed by atoms with Crippen LogP contribution >= 0.6 is 23.2 Å². The monoisotopic (exact) mass is 265 g/mol. The lowest BCUT2D eigenvalue weighted by Crippen LogP contribution is -2.10. The van der Waals surface area contributed by atoms with Crippen molar-refractivity contribution in [3.05, 3.63) is 32.3 Å². The van der Waals surface area contributed by atoms with Crippen LogP contribution in [-0.4, -0.2) is 22.6 Å². The predicted octanol–water partition coefficient (Wildman–Crippen LogP) is 2.37. The number of rotatable bonds is 4. The standard InChI is InChI=1S/C8H5Cl2NO5/c9-4-1-6(11(14)15)7(2-5(4)10)16-3-8(12)13/h1-2H,3H2,(H,12,13). The zero-order valence-electron chi connectivity index (χ0n) is 7.65. The van der Waals surface area contributed by atoms with E-state index >= 15 is 0 Å². The maximum Gasteiger partial charge on any atom is 0.341 e. The number of benzene rings is 1. The molecule has 1 rings (SSSR count).